The summed E-state index contributed by atoms with van der Waals surface area (Å²) in [6, 6.07) is 0. The number of hydrogen-bond donors (Lipinski definition) is 2. The first-order chi connectivity index (χ1) is 8.34. The quantitative estimate of drug-likeness (QED) is 0.745. The molecule has 0 saturated heterocycles. The van der Waals surface area contributed by atoms with Crippen molar-refractivity contribution in [3.63, 3.8) is 0 Å². The molecule has 96 valence electrons. The molecule has 4 nitrogen and oxygen atoms in total. The summed E-state index contributed by atoms with van der Waals surface area (Å²) in [5, 5.41) is 3.36. The molecule has 2 N–H and O–H groups in total. The molecule has 0 aromatic carbocycles. The fraction of sp³-hybridized carbons (Fsp3) is 0.769. The fourth-order valence-electron chi connectivity index (χ4n) is 2.31. The van der Waals surface area contributed by atoms with E-state index in [0.717, 1.165) is 31.2 Å². The minimum absolute atomic E-state index is 0.514. The summed E-state index contributed by atoms with van der Waals surface area (Å²) in [4.78, 5) is 7.36. The predicted octanol–water partition coefficient (Wildman–Crippen LogP) is 2.16. The van der Waals surface area contributed by atoms with E-state index in [1.54, 1.807) is 0 Å². The van der Waals surface area contributed by atoms with Crippen LogP contribution in [0.3, 0.4) is 0 Å². The second-order valence-corrected chi connectivity index (χ2v) is 4.80. The highest BCUT2D eigenvalue weighted by atomic mass is 16.5. The molecule has 0 aliphatic heterocycles. The Bertz CT molecular complexity index is 318. The van der Waals surface area contributed by atoms with Crippen molar-refractivity contribution in [3.8, 4) is 0 Å². The summed E-state index contributed by atoms with van der Waals surface area (Å²) >= 11 is 0. The Balaban J connectivity index is 1.51. The van der Waals surface area contributed by atoms with E-state index < -0.39 is 0 Å². The van der Waals surface area contributed by atoms with Crippen LogP contribution in [-0.2, 0) is 11.3 Å². The molecular weight excluding hydrogens is 214 g/mol. The van der Waals surface area contributed by atoms with Gasteiger partial charge in [0.2, 0.25) is 0 Å². The van der Waals surface area contributed by atoms with E-state index >= 15 is 0 Å². The Kier molecular flexibility index (Phi) is 5.01. The van der Waals surface area contributed by atoms with Crippen LogP contribution in [0.4, 0.5) is 0 Å². The Morgan fingerprint density at radius 2 is 2.24 bits per heavy atom. The fourth-order valence-corrected chi connectivity index (χ4v) is 2.31. The van der Waals surface area contributed by atoms with Gasteiger partial charge in [-0.3, -0.25) is 0 Å². The van der Waals surface area contributed by atoms with Crippen molar-refractivity contribution in [3.05, 3.63) is 17.7 Å². The van der Waals surface area contributed by atoms with E-state index in [2.05, 4.69) is 15.3 Å². The summed E-state index contributed by atoms with van der Waals surface area (Å²) < 4.78 is 5.84. The molecule has 4 heteroatoms. The number of aromatic amines is 1. The number of H-pyrrole nitrogens is 1. The lowest BCUT2D eigenvalue weighted by Crippen LogP contribution is -2.24. The van der Waals surface area contributed by atoms with Crippen LogP contribution in [0.1, 0.15) is 43.6 Å². The topological polar surface area (TPSA) is 49.9 Å². The number of nitrogens with one attached hydrogen (secondary N) is 2. The van der Waals surface area contributed by atoms with E-state index in [1.807, 2.05) is 13.1 Å². The normalized spacial score (nSPS) is 17.5. The molecule has 0 amide bonds. The zero-order chi connectivity index (χ0) is 11.9. The Morgan fingerprint density at radius 3 is 2.94 bits per heavy atom. The van der Waals surface area contributed by atoms with Gasteiger partial charge in [0.15, 0.2) is 0 Å². The van der Waals surface area contributed by atoms with Crippen molar-refractivity contribution in [1.29, 1.82) is 0 Å². The van der Waals surface area contributed by atoms with E-state index in [4.69, 9.17) is 4.74 Å². The van der Waals surface area contributed by atoms with E-state index in [0.29, 0.717) is 6.10 Å². The van der Waals surface area contributed by atoms with E-state index in [9.17, 15) is 0 Å². The summed E-state index contributed by atoms with van der Waals surface area (Å²) in [5.74, 6) is 0.972. The molecule has 0 bridgehead atoms. The van der Waals surface area contributed by atoms with Crippen LogP contribution in [0.2, 0.25) is 0 Å². The summed E-state index contributed by atoms with van der Waals surface area (Å²) in [6.45, 7) is 4.54. The molecule has 1 heterocycles. The summed E-state index contributed by atoms with van der Waals surface area (Å²) in [7, 11) is 0. The lowest BCUT2D eigenvalue weighted by atomic mass is 9.98. The molecule has 0 atom stereocenters. The van der Waals surface area contributed by atoms with Crippen molar-refractivity contribution in [2.75, 3.05) is 13.2 Å². The number of imidazole rings is 1. The van der Waals surface area contributed by atoms with Crippen LogP contribution in [-0.4, -0.2) is 29.2 Å². The van der Waals surface area contributed by atoms with Crippen molar-refractivity contribution in [2.45, 2.75) is 51.7 Å². The lowest BCUT2D eigenvalue weighted by molar-refractivity contribution is 0.0302. The monoisotopic (exact) mass is 237 g/mol. The SMILES string of the molecule is Cc1ncc(CNCCOC2CCCCC2)[nH]1. The first-order valence-corrected chi connectivity index (χ1v) is 6.67. The van der Waals surface area contributed by atoms with Crippen molar-refractivity contribution in [2.24, 2.45) is 0 Å². The first-order valence-electron chi connectivity index (χ1n) is 6.67. The maximum Gasteiger partial charge on any atom is 0.103 e. The van der Waals surface area contributed by atoms with E-state index in [-0.39, 0.29) is 0 Å². The van der Waals surface area contributed by atoms with Crippen LogP contribution in [0.15, 0.2) is 6.20 Å². The highest BCUT2D eigenvalue weighted by Gasteiger charge is 2.12. The van der Waals surface area contributed by atoms with Crippen LogP contribution in [0, 0.1) is 6.92 Å². The third-order valence-corrected chi connectivity index (χ3v) is 3.26. The third kappa shape index (κ3) is 4.48. The zero-order valence-corrected chi connectivity index (χ0v) is 10.7. The highest BCUT2D eigenvalue weighted by Crippen LogP contribution is 2.19. The van der Waals surface area contributed by atoms with Gasteiger partial charge in [-0.05, 0) is 19.8 Å². The average molecular weight is 237 g/mol. The maximum atomic E-state index is 5.84. The molecular formula is C13H23N3O. The van der Waals surface area contributed by atoms with Gasteiger partial charge in [0.1, 0.15) is 5.82 Å². The second kappa shape index (κ2) is 6.77. The molecule has 1 aliphatic rings. The van der Waals surface area contributed by atoms with Crippen LogP contribution in [0.5, 0.6) is 0 Å². The van der Waals surface area contributed by atoms with Gasteiger partial charge in [0.05, 0.1) is 12.7 Å². The predicted molar refractivity (Wildman–Crippen MR) is 67.9 cm³/mol. The maximum absolute atomic E-state index is 5.84. The zero-order valence-electron chi connectivity index (χ0n) is 10.7. The smallest absolute Gasteiger partial charge is 0.103 e. The molecule has 1 aromatic rings. The van der Waals surface area contributed by atoms with Crippen LogP contribution >= 0.6 is 0 Å². The van der Waals surface area contributed by atoms with Gasteiger partial charge >= 0.3 is 0 Å². The minimum Gasteiger partial charge on any atom is -0.377 e. The molecule has 0 unspecified atom stereocenters. The number of aryl methyl sites for hydroxylation is 1. The van der Waals surface area contributed by atoms with Gasteiger partial charge in [0.25, 0.3) is 0 Å². The van der Waals surface area contributed by atoms with Crippen molar-refractivity contribution < 1.29 is 4.74 Å². The molecule has 2 rings (SSSR count). The minimum atomic E-state index is 0.514. The lowest BCUT2D eigenvalue weighted by Gasteiger charge is -2.21. The Labute approximate surface area is 103 Å². The molecule has 1 aliphatic carbocycles. The van der Waals surface area contributed by atoms with E-state index in [1.165, 1.54) is 32.1 Å². The van der Waals surface area contributed by atoms with Gasteiger partial charge in [-0.1, -0.05) is 19.3 Å². The largest absolute Gasteiger partial charge is 0.377 e. The third-order valence-electron chi connectivity index (χ3n) is 3.26. The number of ether oxygens (including phenoxy) is 1. The van der Waals surface area contributed by atoms with Gasteiger partial charge < -0.3 is 15.0 Å². The Morgan fingerprint density at radius 1 is 1.41 bits per heavy atom. The molecule has 1 aromatic heterocycles. The number of nitrogens with zero attached hydrogens (tertiary/aromatic N) is 1. The second-order valence-electron chi connectivity index (χ2n) is 4.80. The Hall–Kier alpha value is -0.870. The number of rotatable bonds is 6. The van der Waals surface area contributed by atoms with Gasteiger partial charge in [-0.25, -0.2) is 4.98 Å². The standard InChI is InChI=1S/C13H23N3O/c1-11-15-10-12(16-11)9-14-7-8-17-13-5-3-2-4-6-13/h10,13-14H,2-9H2,1H3,(H,15,16). The van der Waals surface area contributed by atoms with Crippen LogP contribution < -0.4 is 5.32 Å². The molecule has 1 saturated carbocycles. The number of hydrogen-bond acceptors (Lipinski definition) is 3. The highest BCUT2D eigenvalue weighted by molar-refractivity contribution is 4.99. The summed E-state index contributed by atoms with van der Waals surface area (Å²) in [6.07, 6.45) is 8.96. The number of aromatic nitrogens is 2. The van der Waals surface area contributed by atoms with Gasteiger partial charge in [0, 0.05) is 25.0 Å². The van der Waals surface area contributed by atoms with Crippen molar-refractivity contribution in [1.82, 2.24) is 15.3 Å². The molecule has 0 spiro atoms. The molecule has 0 radical (unpaired) electrons. The average Bonchev–Trinajstić information content (AvgIpc) is 2.76. The van der Waals surface area contributed by atoms with Crippen LogP contribution in [0.25, 0.3) is 0 Å². The molecule has 1 fully saturated rings. The summed E-state index contributed by atoms with van der Waals surface area (Å²) in [5.41, 5.74) is 1.14. The first kappa shape index (κ1) is 12.6. The molecule has 17 heavy (non-hydrogen) atoms. The van der Waals surface area contributed by atoms with Crippen molar-refractivity contribution >= 4 is 0 Å². The van der Waals surface area contributed by atoms with Gasteiger partial charge in [-0.2, -0.15) is 0 Å². The van der Waals surface area contributed by atoms with Gasteiger partial charge in [-0.15, -0.1) is 0 Å².